The number of allylic oxidation sites excluding steroid dienone is 1. The second kappa shape index (κ2) is 8.67. The normalized spacial score (nSPS) is 20.0. The lowest BCUT2D eigenvalue weighted by atomic mass is 9.91. The zero-order valence-corrected chi connectivity index (χ0v) is 14.4. The van der Waals surface area contributed by atoms with Crippen LogP contribution >= 0.6 is 0 Å². The van der Waals surface area contributed by atoms with Gasteiger partial charge in [0.2, 0.25) is 0 Å². The number of hydrogen-bond acceptors (Lipinski definition) is 4. The number of amides is 1. The maximum absolute atomic E-state index is 12.0. The minimum Gasteiger partial charge on any atom is -0.479 e. The van der Waals surface area contributed by atoms with Gasteiger partial charge in [-0.3, -0.25) is 5.32 Å². The van der Waals surface area contributed by atoms with Crippen molar-refractivity contribution in [3.8, 4) is 0 Å². The van der Waals surface area contributed by atoms with Crippen LogP contribution in [0.4, 0.5) is 10.5 Å². The van der Waals surface area contributed by atoms with E-state index in [0.29, 0.717) is 5.69 Å². The molecule has 0 fully saturated rings. The molecule has 1 aliphatic carbocycles. The van der Waals surface area contributed by atoms with Gasteiger partial charge in [0.15, 0.2) is 5.60 Å². The molecule has 1 aliphatic rings. The third-order valence-electron chi connectivity index (χ3n) is 4.44. The van der Waals surface area contributed by atoms with E-state index in [-0.39, 0.29) is 18.1 Å². The van der Waals surface area contributed by atoms with Crippen LogP contribution in [0.1, 0.15) is 51.0 Å². The lowest BCUT2D eigenvalue weighted by Gasteiger charge is -2.22. The molecule has 3 N–H and O–H groups in total. The second-order valence-electron chi connectivity index (χ2n) is 6.23. The predicted molar refractivity (Wildman–Crippen MR) is 94.4 cm³/mol. The van der Waals surface area contributed by atoms with E-state index in [1.165, 1.54) is 18.6 Å². The first-order valence-corrected chi connectivity index (χ1v) is 8.66. The van der Waals surface area contributed by atoms with Crippen molar-refractivity contribution in [3.05, 3.63) is 42.0 Å². The van der Waals surface area contributed by atoms with Gasteiger partial charge in [-0.2, -0.15) is 0 Å². The summed E-state index contributed by atoms with van der Waals surface area (Å²) in [5, 5.41) is 22.0. The lowest BCUT2D eigenvalue weighted by Crippen LogP contribution is -2.34. The number of carboxylic acid groups (broad SMARTS) is 1. The average Bonchev–Trinajstić information content (AvgIpc) is 2.57. The molecule has 6 nitrogen and oxygen atoms in total. The Morgan fingerprint density at radius 1 is 1.24 bits per heavy atom. The van der Waals surface area contributed by atoms with Crippen molar-refractivity contribution in [2.45, 2.75) is 57.2 Å². The third kappa shape index (κ3) is 5.06. The van der Waals surface area contributed by atoms with Crippen LogP contribution in [0.5, 0.6) is 0 Å². The summed E-state index contributed by atoms with van der Waals surface area (Å²) in [6, 6.07) is 6.08. The summed E-state index contributed by atoms with van der Waals surface area (Å²) in [6.45, 7) is 1.60. The Hall–Kier alpha value is -2.34. The molecule has 1 amide bonds. The molecule has 25 heavy (non-hydrogen) atoms. The first-order valence-electron chi connectivity index (χ1n) is 8.66. The first-order chi connectivity index (χ1) is 12.0. The summed E-state index contributed by atoms with van der Waals surface area (Å²) < 4.78 is 5.41. The molecule has 6 heteroatoms. The number of ether oxygens (including phenoxy) is 1. The van der Waals surface area contributed by atoms with Gasteiger partial charge >= 0.3 is 12.1 Å². The highest BCUT2D eigenvalue weighted by Crippen LogP contribution is 2.26. The number of aliphatic carboxylic acids is 1. The molecule has 0 aromatic heterocycles. The molecular formula is C19H25NO5. The standard InChI is InChI=1S/C19H25NO5/c1-2-19(24,17(21)22)14-10-12-15(13-11-14)20-18(23)25-16-8-6-4-3-5-7-9-16/h6,8,10-13,16,24H,2-5,7,9H2,1H3,(H,20,23)(H,21,22). The van der Waals surface area contributed by atoms with E-state index in [1.54, 1.807) is 19.1 Å². The van der Waals surface area contributed by atoms with Gasteiger partial charge in [-0.15, -0.1) is 0 Å². The lowest BCUT2D eigenvalue weighted by molar-refractivity contribution is -0.160. The van der Waals surface area contributed by atoms with Gasteiger partial charge in [-0.1, -0.05) is 31.6 Å². The molecule has 2 unspecified atom stereocenters. The SMILES string of the molecule is CCC(O)(C(=O)O)c1ccc(NC(=O)OC2C=CCCCCC2)cc1. The van der Waals surface area contributed by atoms with Crippen molar-refractivity contribution in [2.24, 2.45) is 0 Å². The summed E-state index contributed by atoms with van der Waals surface area (Å²) in [7, 11) is 0. The Balaban J connectivity index is 1.97. The van der Waals surface area contributed by atoms with E-state index in [2.05, 4.69) is 5.32 Å². The molecule has 1 aromatic carbocycles. The molecule has 0 aliphatic heterocycles. The highest BCUT2D eigenvalue weighted by Gasteiger charge is 2.35. The van der Waals surface area contributed by atoms with E-state index in [0.717, 1.165) is 25.7 Å². The highest BCUT2D eigenvalue weighted by molar-refractivity contribution is 5.85. The van der Waals surface area contributed by atoms with Crippen LogP contribution in [0.3, 0.4) is 0 Å². The first kappa shape index (κ1) is 19.0. The summed E-state index contributed by atoms with van der Waals surface area (Å²) in [5.74, 6) is -1.30. The molecule has 2 rings (SSSR count). The van der Waals surface area contributed by atoms with Crippen LogP contribution in [-0.4, -0.2) is 28.4 Å². The highest BCUT2D eigenvalue weighted by atomic mass is 16.6. The molecule has 136 valence electrons. The number of anilines is 1. The van der Waals surface area contributed by atoms with E-state index in [9.17, 15) is 19.8 Å². The number of rotatable bonds is 5. The fourth-order valence-electron chi connectivity index (χ4n) is 2.82. The van der Waals surface area contributed by atoms with E-state index < -0.39 is 17.7 Å². The molecule has 0 spiro atoms. The number of benzene rings is 1. The van der Waals surface area contributed by atoms with Crippen molar-refractivity contribution in [1.82, 2.24) is 0 Å². The molecule has 0 saturated heterocycles. The minimum absolute atomic E-state index is 0.0468. The molecule has 0 saturated carbocycles. The van der Waals surface area contributed by atoms with Crippen LogP contribution < -0.4 is 5.32 Å². The zero-order valence-electron chi connectivity index (χ0n) is 14.4. The average molecular weight is 347 g/mol. The van der Waals surface area contributed by atoms with Crippen molar-refractivity contribution in [1.29, 1.82) is 0 Å². The van der Waals surface area contributed by atoms with Crippen LogP contribution in [0.2, 0.25) is 0 Å². The third-order valence-corrected chi connectivity index (χ3v) is 4.44. The maximum Gasteiger partial charge on any atom is 0.412 e. The van der Waals surface area contributed by atoms with E-state index in [1.807, 2.05) is 12.2 Å². The number of carbonyl (C=O) groups excluding carboxylic acids is 1. The molecule has 2 atom stereocenters. The van der Waals surface area contributed by atoms with Crippen molar-refractivity contribution in [2.75, 3.05) is 5.32 Å². The summed E-state index contributed by atoms with van der Waals surface area (Å²) >= 11 is 0. The summed E-state index contributed by atoms with van der Waals surface area (Å²) in [5.41, 5.74) is -1.18. The van der Waals surface area contributed by atoms with Crippen molar-refractivity contribution >= 4 is 17.7 Å². The Labute approximate surface area is 147 Å². The van der Waals surface area contributed by atoms with Crippen LogP contribution in [0.15, 0.2) is 36.4 Å². The second-order valence-corrected chi connectivity index (χ2v) is 6.23. The van der Waals surface area contributed by atoms with Crippen LogP contribution in [0.25, 0.3) is 0 Å². The Bertz CT molecular complexity index is 625. The summed E-state index contributed by atoms with van der Waals surface area (Å²) in [4.78, 5) is 23.3. The largest absolute Gasteiger partial charge is 0.479 e. The number of nitrogens with one attached hydrogen (secondary N) is 1. The number of hydrogen-bond donors (Lipinski definition) is 3. The van der Waals surface area contributed by atoms with Gasteiger partial charge < -0.3 is 14.9 Å². The van der Waals surface area contributed by atoms with Crippen LogP contribution in [0, 0.1) is 0 Å². The van der Waals surface area contributed by atoms with Crippen LogP contribution in [-0.2, 0) is 15.1 Å². The van der Waals surface area contributed by atoms with E-state index in [4.69, 9.17) is 4.74 Å². The molecular weight excluding hydrogens is 322 g/mol. The van der Waals surface area contributed by atoms with Gasteiger partial charge in [0.25, 0.3) is 0 Å². The quantitative estimate of drug-likeness (QED) is 0.704. The molecule has 0 radical (unpaired) electrons. The fourth-order valence-corrected chi connectivity index (χ4v) is 2.82. The predicted octanol–water partition coefficient (Wildman–Crippen LogP) is 3.81. The number of carbonyl (C=O) groups is 2. The Morgan fingerprint density at radius 3 is 2.60 bits per heavy atom. The number of aliphatic hydroxyl groups is 1. The zero-order chi connectivity index (χ0) is 18.3. The topological polar surface area (TPSA) is 95.9 Å². The van der Waals surface area contributed by atoms with Gasteiger partial charge in [0.05, 0.1) is 0 Å². The smallest absolute Gasteiger partial charge is 0.412 e. The van der Waals surface area contributed by atoms with Crippen molar-refractivity contribution in [3.63, 3.8) is 0 Å². The van der Waals surface area contributed by atoms with Gasteiger partial charge in [0, 0.05) is 5.69 Å². The molecule has 0 bridgehead atoms. The monoisotopic (exact) mass is 347 g/mol. The number of carboxylic acids is 1. The van der Waals surface area contributed by atoms with E-state index >= 15 is 0 Å². The Morgan fingerprint density at radius 2 is 1.96 bits per heavy atom. The maximum atomic E-state index is 12.0. The Kier molecular flexibility index (Phi) is 6.58. The fraction of sp³-hybridized carbons (Fsp3) is 0.474. The van der Waals surface area contributed by atoms with Gasteiger partial charge in [-0.25, -0.2) is 9.59 Å². The van der Waals surface area contributed by atoms with Gasteiger partial charge in [0.1, 0.15) is 6.10 Å². The molecule has 0 heterocycles. The van der Waals surface area contributed by atoms with Gasteiger partial charge in [-0.05, 0) is 55.9 Å². The summed E-state index contributed by atoms with van der Waals surface area (Å²) in [6.07, 6.45) is 8.40. The minimum atomic E-state index is -1.93. The van der Waals surface area contributed by atoms with Crippen molar-refractivity contribution < 1.29 is 24.5 Å². The molecule has 1 aromatic rings.